The molecule has 2 amide bonds. The minimum absolute atomic E-state index is 0.0251. The van der Waals surface area contributed by atoms with Crippen LogP contribution in [0.1, 0.15) is 54.7 Å². The Morgan fingerprint density at radius 3 is 2.40 bits per heavy atom. The lowest BCUT2D eigenvalue weighted by atomic mass is 9.79. The van der Waals surface area contributed by atoms with Crippen molar-refractivity contribution in [3.8, 4) is 0 Å². The lowest BCUT2D eigenvalue weighted by Gasteiger charge is -2.51. The first-order valence-corrected chi connectivity index (χ1v) is 16.3. The lowest BCUT2D eigenvalue weighted by molar-refractivity contribution is -0.253. The Balaban J connectivity index is 1.25. The maximum atomic E-state index is 15.4. The van der Waals surface area contributed by atoms with Gasteiger partial charge in [0, 0.05) is 41.0 Å². The van der Waals surface area contributed by atoms with Gasteiger partial charge >= 0.3 is 6.09 Å². The molecular weight excluding hydrogens is 662 g/mol. The van der Waals surface area contributed by atoms with E-state index in [2.05, 4.69) is 15.3 Å². The second kappa shape index (κ2) is 14.7. The van der Waals surface area contributed by atoms with Crippen molar-refractivity contribution in [2.75, 3.05) is 31.6 Å². The third-order valence-electron chi connectivity index (χ3n) is 9.51. The fraction of sp³-hybridized carbons (Fsp3) is 0.429. The van der Waals surface area contributed by atoms with Crippen LogP contribution < -0.4 is 5.32 Å². The molecule has 4 atom stereocenters. The van der Waals surface area contributed by atoms with Crippen LogP contribution in [0.15, 0.2) is 65.8 Å². The minimum Gasteiger partial charge on any atom is -0.465 e. The van der Waals surface area contributed by atoms with Gasteiger partial charge in [0.25, 0.3) is 0 Å². The topological polar surface area (TPSA) is 146 Å². The summed E-state index contributed by atoms with van der Waals surface area (Å²) >= 11 is 0. The lowest BCUT2D eigenvalue weighted by Crippen LogP contribution is -2.61. The highest BCUT2D eigenvalue weighted by molar-refractivity contribution is 5.96. The van der Waals surface area contributed by atoms with Gasteiger partial charge in [-0.3, -0.25) is 4.79 Å². The van der Waals surface area contributed by atoms with Crippen LogP contribution in [0.2, 0.25) is 0 Å². The van der Waals surface area contributed by atoms with E-state index in [0.29, 0.717) is 45.0 Å². The zero-order valence-corrected chi connectivity index (χ0v) is 26.9. The third-order valence-corrected chi connectivity index (χ3v) is 9.51. The van der Waals surface area contributed by atoms with Crippen LogP contribution in [0.5, 0.6) is 0 Å². The minimum atomic E-state index is -1.65. The van der Waals surface area contributed by atoms with E-state index in [1.165, 1.54) is 35.2 Å². The maximum absolute atomic E-state index is 15.4. The molecule has 6 rings (SSSR count). The van der Waals surface area contributed by atoms with Gasteiger partial charge in [-0.15, -0.1) is 0 Å². The van der Waals surface area contributed by atoms with E-state index in [4.69, 9.17) is 14.2 Å². The fourth-order valence-electron chi connectivity index (χ4n) is 7.46. The number of nitrogens with one attached hydrogen (secondary N) is 1. The van der Waals surface area contributed by atoms with E-state index in [1.54, 1.807) is 0 Å². The van der Waals surface area contributed by atoms with Gasteiger partial charge < -0.3 is 29.5 Å². The van der Waals surface area contributed by atoms with Crippen molar-refractivity contribution in [3.05, 3.63) is 111 Å². The highest BCUT2D eigenvalue weighted by Gasteiger charge is 2.53. The summed E-state index contributed by atoms with van der Waals surface area (Å²) in [5.41, 5.74) is 8.89. The van der Waals surface area contributed by atoms with E-state index in [-0.39, 0.29) is 48.3 Å². The summed E-state index contributed by atoms with van der Waals surface area (Å²) in [5, 5.41) is 16.2. The summed E-state index contributed by atoms with van der Waals surface area (Å²) in [4.78, 5) is 30.1. The number of carboxylic acid groups (broad SMARTS) is 1. The van der Waals surface area contributed by atoms with E-state index in [1.807, 2.05) is 0 Å². The highest BCUT2D eigenvalue weighted by Crippen LogP contribution is 2.45. The number of amides is 2. The number of hydrogen-bond donors (Lipinski definition) is 2. The number of ether oxygens (including phenoxy) is 3. The second-order valence-electron chi connectivity index (χ2n) is 12.9. The Hall–Kier alpha value is -4.69. The molecule has 50 heavy (non-hydrogen) atoms. The van der Waals surface area contributed by atoms with E-state index in [9.17, 15) is 33.4 Å². The molecule has 1 aliphatic carbocycles. The molecule has 1 saturated carbocycles. The molecule has 3 fully saturated rings. The predicted molar refractivity (Wildman–Crippen MR) is 171 cm³/mol. The van der Waals surface area contributed by atoms with E-state index in [0.717, 1.165) is 24.3 Å². The molecule has 3 aromatic carbocycles. The summed E-state index contributed by atoms with van der Waals surface area (Å²) in [6, 6.07) is 9.79. The Labute approximate surface area is 284 Å². The number of nitrogens with zero attached hydrogens (tertiary/aromatic N) is 4. The van der Waals surface area contributed by atoms with Crippen molar-refractivity contribution in [1.82, 2.24) is 4.90 Å². The smallest absolute Gasteiger partial charge is 0.407 e. The number of carbonyl (C=O) groups is 2. The molecular formula is C35H35F4N5O6. The summed E-state index contributed by atoms with van der Waals surface area (Å²) in [5.74, 6) is -6.15. The SMILES string of the molecule is [N-]=[N+]=N[C@H](C(=O)Nc1cccc(F)c1CC[C@@H]1CN(C(=O)O)CC2(CCCC3(C2)OCCO3)O1)[C@@H](c1ccc(F)cc1)c1cc(F)cc(F)c1. The molecule has 0 bridgehead atoms. The van der Waals surface area contributed by atoms with E-state index < -0.39 is 64.7 Å². The normalized spacial score (nSPS) is 22.6. The van der Waals surface area contributed by atoms with Crippen LogP contribution in [-0.4, -0.2) is 71.8 Å². The number of rotatable bonds is 9. The first-order valence-electron chi connectivity index (χ1n) is 16.3. The summed E-state index contributed by atoms with van der Waals surface area (Å²) in [6.07, 6.45) is 0.796. The van der Waals surface area contributed by atoms with Crippen molar-refractivity contribution >= 4 is 17.7 Å². The number of halogens is 4. The molecule has 11 nitrogen and oxygen atoms in total. The molecule has 2 aliphatic heterocycles. The highest BCUT2D eigenvalue weighted by atomic mass is 19.1. The standard InChI is InChI=1S/C35H35F4N5O6/c36-23-7-5-21(6-8-23)30(22-15-24(37)17-25(38)16-22)31(42-43-40)32(45)41-29-4-1-3-28(39)27(29)10-9-26-18-44(33(46)47)20-34(50-26)11-2-12-35(19-34)48-13-14-49-35/h1,3-8,15-17,26,30-31H,2,9-14,18-20H2,(H,41,45)(H,46,47)/t26-,30+,31+,34?/m1/s1. The molecule has 2 saturated heterocycles. The number of benzene rings is 3. The van der Waals surface area contributed by atoms with Crippen LogP contribution in [0.4, 0.5) is 28.0 Å². The van der Waals surface area contributed by atoms with Gasteiger partial charge in [0.2, 0.25) is 5.91 Å². The number of anilines is 1. The van der Waals surface area contributed by atoms with Gasteiger partial charge in [0.15, 0.2) is 5.79 Å². The molecule has 264 valence electrons. The van der Waals surface area contributed by atoms with Crippen molar-refractivity contribution in [1.29, 1.82) is 0 Å². The molecule has 15 heteroatoms. The van der Waals surface area contributed by atoms with Crippen molar-refractivity contribution < 1.29 is 46.5 Å². The Morgan fingerprint density at radius 1 is 1.00 bits per heavy atom. The average Bonchev–Trinajstić information content (AvgIpc) is 3.51. The quantitative estimate of drug-likeness (QED) is 0.106. The van der Waals surface area contributed by atoms with Gasteiger partial charge in [0.1, 0.15) is 29.3 Å². The molecule has 0 aromatic heterocycles. The van der Waals surface area contributed by atoms with Gasteiger partial charge in [-0.2, -0.15) is 0 Å². The van der Waals surface area contributed by atoms with Crippen LogP contribution in [0.25, 0.3) is 10.4 Å². The molecule has 2 heterocycles. The van der Waals surface area contributed by atoms with Crippen LogP contribution in [0, 0.1) is 23.3 Å². The molecule has 3 aromatic rings. The molecule has 2 N–H and O–H groups in total. The third kappa shape index (κ3) is 7.71. The number of azide groups is 1. The predicted octanol–water partition coefficient (Wildman–Crippen LogP) is 7.06. The average molecular weight is 698 g/mol. The molecule has 1 unspecified atom stereocenters. The number of hydrogen-bond acceptors (Lipinski definition) is 6. The van der Waals surface area contributed by atoms with Crippen molar-refractivity contribution in [3.63, 3.8) is 0 Å². The first kappa shape index (κ1) is 35.1. The van der Waals surface area contributed by atoms with Gasteiger partial charge in [0.05, 0.1) is 38.0 Å². The summed E-state index contributed by atoms with van der Waals surface area (Å²) in [7, 11) is 0. The molecule has 0 radical (unpaired) electrons. The van der Waals surface area contributed by atoms with Crippen molar-refractivity contribution in [2.45, 2.75) is 68.0 Å². The van der Waals surface area contributed by atoms with Gasteiger partial charge in [-0.25, -0.2) is 22.4 Å². The number of morpholine rings is 1. The summed E-state index contributed by atoms with van der Waals surface area (Å²) < 4.78 is 76.4. The fourth-order valence-corrected chi connectivity index (χ4v) is 7.46. The monoisotopic (exact) mass is 697 g/mol. The Bertz CT molecular complexity index is 1770. The van der Waals surface area contributed by atoms with Crippen LogP contribution in [-0.2, 0) is 25.4 Å². The molecule has 2 spiro atoms. The maximum Gasteiger partial charge on any atom is 0.407 e. The number of carbonyl (C=O) groups excluding carboxylic acids is 1. The zero-order valence-electron chi connectivity index (χ0n) is 26.9. The van der Waals surface area contributed by atoms with E-state index >= 15 is 4.39 Å². The summed E-state index contributed by atoms with van der Waals surface area (Å²) in [6.45, 7) is 1.06. The first-order chi connectivity index (χ1) is 24.0. The van der Waals surface area contributed by atoms with Gasteiger partial charge in [-0.1, -0.05) is 23.3 Å². The Morgan fingerprint density at radius 2 is 1.72 bits per heavy atom. The van der Waals surface area contributed by atoms with Crippen LogP contribution >= 0.6 is 0 Å². The van der Waals surface area contributed by atoms with Crippen LogP contribution in [0.3, 0.4) is 0 Å². The van der Waals surface area contributed by atoms with Gasteiger partial charge in [-0.05, 0) is 78.7 Å². The van der Waals surface area contributed by atoms with Crippen molar-refractivity contribution in [2.24, 2.45) is 5.11 Å². The molecule has 3 aliphatic rings. The Kier molecular flexibility index (Phi) is 10.3. The second-order valence-corrected chi connectivity index (χ2v) is 12.9. The largest absolute Gasteiger partial charge is 0.465 e. The zero-order chi connectivity index (χ0) is 35.5.